The molecule has 2 aromatic carbocycles. The van der Waals surface area contributed by atoms with E-state index in [-0.39, 0.29) is 11.9 Å². The van der Waals surface area contributed by atoms with Crippen LogP contribution in [-0.2, 0) is 0 Å². The van der Waals surface area contributed by atoms with E-state index in [4.69, 9.17) is 0 Å². The van der Waals surface area contributed by atoms with Crippen LogP contribution in [0.2, 0.25) is 0 Å². The van der Waals surface area contributed by atoms with Crippen molar-refractivity contribution in [2.75, 3.05) is 13.1 Å². The monoisotopic (exact) mass is 318 g/mol. The number of fused-ring (bicyclic) bond motifs is 1. The summed E-state index contributed by atoms with van der Waals surface area (Å²) in [5.41, 5.74) is 1.89. The van der Waals surface area contributed by atoms with E-state index in [1.54, 1.807) is 0 Å². The molecule has 120 valence electrons. The van der Waals surface area contributed by atoms with Gasteiger partial charge in [0.15, 0.2) is 0 Å². The standard InChI is InChI=1S/C19H18N4O/c24-19(17-7-3-5-13-4-1-2-6-16(13)17)22-10-15(11-22)23-12-18(20-21-23)14-8-9-14/h1-7,12,14-15H,8-11H2. The summed E-state index contributed by atoms with van der Waals surface area (Å²) in [7, 11) is 0. The Bertz CT molecular complexity index is 917. The molecule has 2 aliphatic rings. The average Bonchev–Trinajstić information content (AvgIpc) is 3.32. The molecule has 1 amide bonds. The first kappa shape index (κ1) is 13.7. The number of carbonyl (C=O) groups is 1. The van der Waals surface area contributed by atoms with Gasteiger partial charge in [0.1, 0.15) is 0 Å². The fraction of sp³-hybridized carbons (Fsp3) is 0.316. The highest BCUT2D eigenvalue weighted by Gasteiger charge is 2.35. The summed E-state index contributed by atoms with van der Waals surface area (Å²) in [5.74, 6) is 0.720. The van der Waals surface area contributed by atoms with Crippen LogP contribution in [0.4, 0.5) is 0 Å². The molecule has 0 atom stereocenters. The van der Waals surface area contributed by atoms with Crippen molar-refractivity contribution in [3.05, 3.63) is 59.9 Å². The molecule has 1 aliphatic carbocycles. The predicted octanol–water partition coefficient (Wildman–Crippen LogP) is 3.01. The molecule has 0 bridgehead atoms. The van der Waals surface area contributed by atoms with Gasteiger partial charge < -0.3 is 4.90 Å². The maximum Gasteiger partial charge on any atom is 0.254 e. The first-order valence-electron chi connectivity index (χ1n) is 8.48. The van der Waals surface area contributed by atoms with Gasteiger partial charge in [-0.25, -0.2) is 4.68 Å². The maximum absolute atomic E-state index is 12.8. The molecule has 1 saturated carbocycles. The van der Waals surface area contributed by atoms with Gasteiger partial charge in [-0.2, -0.15) is 0 Å². The number of rotatable bonds is 3. The summed E-state index contributed by atoms with van der Waals surface area (Å²) in [5, 5.41) is 10.6. The van der Waals surface area contributed by atoms with Crippen LogP contribution < -0.4 is 0 Å². The van der Waals surface area contributed by atoms with Crippen molar-refractivity contribution >= 4 is 16.7 Å². The Kier molecular flexibility index (Phi) is 2.95. The first-order chi connectivity index (χ1) is 11.8. The number of aromatic nitrogens is 3. The lowest BCUT2D eigenvalue weighted by Crippen LogP contribution is -2.50. The minimum atomic E-state index is 0.102. The van der Waals surface area contributed by atoms with Crippen LogP contribution in [0.5, 0.6) is 0 Å². The molecule has 2 heterocycles. The molecule has 0 unspecified atom stereocenters. The number of nitrogens with zero attached hydrogens (tertiary/aromatic N) is 4. The molecule has 3 aromatic rings. The molecule has 0 radical (unpaired) electrons. The highest BCUT2D eigenvalue weighted by Crippen LogP contribution is 2.39. The van der Waals surface area contributed by atoms with Gasteiger partial charge in [0, 0.05) is 30.8 Å². The van der Waals surface area contributed by atoms with Crippen molar-refractivity contribution in [1.29, 1.82) is 0 Å². The zero-order valence-electron chi connectivity index (χ0n) is 13.3. The van der Waals surface area contributed by atoms with Gasteiger partial charge in [0.25, 0.3) is 5.91 Å². The molecule has 5 rings (SSSR count). The second kappa shape index (κ2) is 5.16. The quantitative estimate of drug-likeness (QED) is 0.746. The molecular formula is C19H18N4O. The van der Waals surface area contributed by atoms with Gasteiger partial charge in [0.05, 0.1) is 11.7 Å². The third-order valence-electron chi connectivity index (χ3n) is 5.07. The van der Waals surface area contributed by atoms with Gasteiger partial charge in [0.2, 0.25) is 0 Å². The molecule has 2 fully saturated rings. The van der Waals surface area contributed by atoms with Crippen molar-refractivity contribution < 1.29 is 4.79 Å². The molecule has 1 aromatic heterocycles. The van der Waals surface area contributed by atoms with Gasteiger partial charge in [-0.15, -0.1) is 5.10 Å². The maximum atomic E-state index is 12.8. The van der Waals surface area contributed by atoms with E-state index in [0.717, 1.165) is 22.0 Å². The molecule has 1 saturated heterocycles. The Morgan fingerprint density at radius 3 is 2.67 bits per heavy atom. The van der Waals surface area contributed by atoms with Gasteiger partial charge in [-0.05, 0) is 29.7 Å². The molecule has 5 heteroatoms. The molecule has 5 nitrogen and oxygen atoms in total. The van der Waals surface area contributed by atoms with Crippen LogP contribution in [0.3, 0.4) is 0 Å². The lowest BCUT2D eigenvalue weighted by Gasteiger charge is -2.39. The van der Waals surface area contributed by atoms with Crippen molar-refractivity contribution in [3.8, 4) is 0 Å². The fourth-order valence-corrected chi connectivity index (χ4v) is 3.41. The van der Waals surface area contributed by atoms with E-state index in [0.29, 0.717) is 19.0 Å². The summed E-state index contributed by atoms with van der Waals surface area (Å²) in [4.78, 5) is 14.7. The number of benzene rings is 2. The first-order valence-corrected chi connectivity index (χ1v) is 8.48. The third-order valence-corrected chi connectivity index (χ3v) is 5.07. The topological polar surface area (TPSA) is 51.0 Å². The van der Waals surface area contributed by atoms with Gasteiger partial charge in [-0.1, -0.05) is 41.6 Å². The third kappa shape index (κ3) is 2.19. The number of amides is 1. The molecular weight excluding hydrogens is 300 g/mol. The van der Waals surface area contributed by atoms with Crippen LogP contribution in [0.15, 0.2) is 48.7 Å². The lowest BCUT2D eigenvalue weighted by atomic mass is 10.0. The predicted molar refractivity (Wildman–Crippen MR) is 90.9 cm³/mol. The molecule has 0 N–H and O–H groups in total. The Morgan fingerprint density at radius 2 is 1.83 bits per heavy atom. The number of hydrogen-bond acceptors (Lipinski definition) is 3. The van der Waals surface area contributed by atoms with Crippen molar-refractivity contribution in [3.63, 3.8) is 0 Å². The van der Waals surface area contributed by atoms with Crippen molar-refractivity contribution in [2.45, 2.75) is 24.8 Å². The van der Waals surface area contributed by atoms with Crippen molar-refractivity contribution in [2.24, 2.45) is 0 Å². The minimum absolute atomic E-state index is 0.102. The number of carbonyl (C=O) groups excluding carboxylic acids is 1. The van der Waals surface area contributed by atoms with E-state index in [2.05, 4.69) is 16.5 Å². The van der Waals surface area contributed by atoms with Crippen LogP contribution in [0, 0.1) is 0 Å². The summed E-state index contributed by atoms with van der Waals surface area (Å²) in [6, 6.07) is 14.2. The van der Waals surface area contributed by atoms with Gasteiger partial charge >= 0.3 is 0 Å². The Labute approximate surface area is 139 Å². The van der Waals surface area contributed by atoms with Crippen LogP contribution >= 0.6 is 0 Å². The van der Waals surface area contributed by atoms with E-state index >= 15 is 0 Å². The summed E-state index contributed by atoms with van der Waals surface area (Å²) >= 11 is 0. The summed E-state index contributed by atoms with van der Waals surface area (Å²) < 4.78 is 1.93. The van der Waals surface area contributed by atoms with Crippen LogP contribution in [0.1, 0.15) is 40.9 Å². The minimum Gasteiger partial charge on any atom is -0.334 e. The normalized spacial score (nSPS) is 17.9. The summed E-state index contributed by atoms with van der Waals surface area (Å²) in [6.07, 6.45) is 4.52. The smallest absolute Gasteiger partial charge is 0.254 e. The Balaban J connectivity index is 1.33. The summed E-state index contributed by atoms with van der Waals surface area (Å²) in [6.45, 7) is 1.41. The highest BCUT2D eigenvalue weighted by molar-refractivity contribution is 6.07. The average molecular weight is 318 g/mol. The van der Waals surface area contributed by atoms with E-state index < -0.39 is 0 Å². The second-order valence-electron chi connectivity index (χ2n) is 6.79. The fourth-order valence-electron chi connectivity index (χ4n) is 3.41. The Hall–Kier alpha value is -2.69. The number of likely N-dealkylation sites (tertiary alicyclic amines) is 1. The zero-order valence-corrected chi connectivity index (χ0v) is 13.3. The second-order valence-corrected chi connectivity index (χ2v) is 6.79. The molecule has 1 aliphatic heterocycles. The molecule has 0 spiro atoms. The van der Waals surface area contributed by atoms with Crippen LogP contribution in [-0.4, -0.2) is 38.9 Å². The number of hydrogen-bond donors (Lipinski definition) is 0. The van der Waals surface area contributed by atoms with E-state index in [9.17, 15) is 4.79 Å². The van der Waals surface area contributed by atoms with Crippen molar-refractivity contribution in [1.82, 2.24) is 19.9 Å². The van der Waals surface area contributed by atoms with Gasteiger partial charge in [-0.3, -0.25) is 4.79 Å². The SMILES string of the molecule is O=C(c1cccc2ccccc12)N1CC(n2cc(C3CC3)nn2)C1. The highest BCUT2D eigenvalue weighted by atomic mass is 16.2. The Morgan fingerprint density at radius 1 is 1.04 bits per heavy atom. The molecule has 24 heavy (non-hydrogen) atoms. The largest absolute Gasteiger partial charge is 0.334 e. The lowest BCUT2D eigenvalue weighted by molar-refractivity contribution is 0.0500. The zero-order chi connectivity index (χ0) is 16.1. The van der Waals surface area contributed by atoms with E-state index in [1.165, 1.54) is 12.8 Å². The van der Waals surface area contributed by atoms with E-state index in [1.807, 2.05) is 52.0 Å². The van der Waals surface area contributed by atoms with Crippen LogP contribution in [0.25, 0.3) is 10.8 Å².